The van der Waals surface area contributed by atoms with Crippen LogP contribution >= 0.6 is 11.6 Å². The highest BCUT2D eigenvalue weighted by molar-refractivity contribution is 6.30. The van der Waals surface area contributed by atoms with Crippen molar-refractivity contribution in [3.8, 4) is 5.88 Å². The van der Waals surface area contributed by atoms with Gasteiger partial charge in [-0.25, -0.2) is 4.98 Å². The fourth-order valence-electron chi connectivity index (χ4n) is 1.76. The molecule has 1 aromatic rings. The van der Waals surface area contributed by atoms with Gasteiger partial charge in [-0.2, -0.15) is 4.98 Å². The van der Waals surface area contributed by atoms with Gasteiger partial charge in [0.15, 0.2) is 0 Å². The van der Waals surface area contributed by atoms with Crippen LogP contribution in [0.2, 0.25) is 5.15 Å². The summed E-state index contributed by atoms with van der Waals surface area (Å²) in [7, 11) is 0. The first kappa shape index (κ1) is 15.2. The third-order valence-electron chi connectivity index (χ3n) is 2.69. The fraction of sp³-hybridized carbons (Fsp3) is 0.714. The first-order chi connectivity index (χ1) is 8.31. The van der Waals surface area contributed by atoms with Crippen LogP contribution in [-0.4, -0.2) is 16.1 Å². The minimum absolute atomic E-state index is 0.134. The van der Waals surface area contributed by atoms with Gasteiger partial charge in [0, 0.05) is 11.5 Å². The van der Waals surface area contributed by atoms with Crippen molar-refractivity contribution in [2.45, 2.75) is 60.0 Å². The van der Waals surface area contributed by atoms with Crippen LogP contribution in [0, 0.1) is 12.8 Å². The van der Waals surface area contributed by atoms with Gasteiger partial charge in [-0.3, -0.25) is 0 Å². The normalized spacial score (nSPS) is 13.2. The van der Waals surface area contributed by atoms with Crippen molar-refractivity contribution in [3.05, 3.63) is 16.5 Å². The first-order valence-corrected chi connectivity index (χ1v) is 6.89. The van der Waals surface area contributed by atoms with Crippen LogP contribution in [0.5, 0.6) is 5.88 Å². The summed E-state index contributed by atoms with van der Waals surface area (Å²) < 4.78 is 5.89. The molecule has 0 aromatic carbocycles. The Bertz CT molecular complexity index is 405. The van der Waals surface area contributed by atoms with E-state index in [0.717, 1.165) is 17.8 Å². The Labute approximate surface area is 115 Å². The highest BCUT2D eigenvalue weighted by atomic mass is 35.5. The average molecular weight is 271 g/mol. The molecule has 0 bridgehead atoms. The molecule has 1 unspecified atom stereocenters. The molecule has 0 amide bonds. The van der Waals surface area contributed by atoms with Crippen molar-refractivity contribution in [1.82, 2.24) is 9.97 Å². The lowest BCUT2D eigenvalue weighted by atomic mass is 10.1. The van der Waals surface area contributed by atoms with E-state index in [0.29, 0.717) is 17.0 Å². The second kappa shape index (κ2) is 6.37. The molecule has 0 saturated heterocycles. The van der Waals surface area contributed by atoms with Gasteiger partial charge in [0.2, 0.25) is 5.88 Å². The number of hydrogen-bond acceptors (Lipinski definition) is 3. The van der Waals surface area contributed by atoms with E-state index < -0.39 is 0 Å². The van der Waals surface area contributed by atoms with Gasteiger partial charge in [0.05, 0.1) is 6.10 Å². The predicted octanol–water partition coefficient (Wildman–Crippen LogP) is 4.38. The molecule has 0 aliphatic carbocycles. The molecule has 0 aliphatic rings. The number of rotatable bonds is 5. The molecule has 1 aromatic heterocycles. The molecule has 0 saturated carbocycles. The van der Waals surface area contributed by atoms with E-state index in [1.807, 2.05) is 20.8 Å². The van der Waals surface area contributed by atoms with Crippen LogP contribution in [0.25, 0.3) is 0 Å². The highest BCUT2D eigenvalue weighted by Crippen LogP contribution is 2.26. The number of halogens is 1. The third-order valence-corrected chi connectivity index (χ3v) is 3.06. The monoisotopic (exact) mass is 270 g/mol. The van der Waals surface area contributed by atoms with Crippen LogP contribution in [-0.2, 0) is 0 Å². The summed E-state index contributed by atoms with van der Waals surface area (Å²) in [6, 6.07) is 0. The van der Waals surface area contributed by atoms with Crippen molar-refractivity contribution in [2.75, 3.05) is 0 Å². The summed E-state index contributed by atoms with van der Waals surface area (Å²) in [5.41, 5.74) is 0.816. The van der Waals surface area contributed by atoms with Gasteiger partial charge in [-0.05, 0) is 26.2 Å². The van der Waals surface area contributed by atoms with E-state index in [2.05, 4.69) is 30.7 Å². The van der Waals surface area contributed by atoms with Crippen LogP contribution in [0.1, 0.15) is 58.3 Å². The summed E-state index contributed by atoms with van der Waals surface area (Å²) in [5, 5.41) is 0.487. The van der Waals surface area contributed by atoms with Gasteiger partial charge in [0.1, 0.15) is 11.0 Å². The molecule has 18 heavy (non-hydrogen) atoms. The maximum atomic E-state index is 6.12. The molecule has 3 nitrogen and oxygen atoms in total. The third kappa shape index (κ3) is 4.13. The molecule has 0 fully saturated rings. The van der Waals surface area contributed by atoms with Gasteiger partial charge in [0.25, 0.3) is 0 Å². The van der Waals surface area contributed by atoms with E-state index in [9.17, 15) is 0 Å². The minimum Gasteiger partial charge on any atom is -0.474 e. The Morgan fingerprint density at radius 1 is 1.11 bits per heavy atom. The fourth-order valence-corrected chi connectivity index (χ4v) is 1.93. The molecule has 0 N–H and O–H groups in total. The number of aromatic nitrogens is 2. The average Bonchev–Trinajstić information content (AvgIpc) is 2.22. The quantitative estimate of drug-likeness (QED) is 0.745. The molecule has 1 atom stereocenters. The van der Waals surface area contributed by atoms with Crippen molar-refractivity contribution in [2.24, 2.45) is 5.92 Å². The predicted molar refractivity (Wildman–Crippen MR) is 75.4 cm³/mol. The minimum atomic E-state index is 0.134. The molecule has 0 aliphatic heterocycles. The Kier molecular flexibility index (Phi) is 5.39. The lowest BCUT2D eigenvalue weighted by Crippen LogP contribution is -2.17. The van der Waals surface area contributed by atoms with E-state index in [4.69, 9.17) is 16.3 Å². The zero-order valence-electron chi connectivity index (χ0n) is 12.1. The van der Waals surface area contributed by atoms with Crippen molar-refractivity contribution >= 4 is 11.6 Å². The maximum Gasteiger partial charge on any atom is 0.221 e. The maximum absolute atomic E-state index is 6.12. The molecular weight excluding hydrogens is 248 g/mol. The summed E-state index contributed by atoms with van der Waals surface area (Å²) in [4.78, 5) is 8.74. The number of ether oxygens (including phenoxy) is 1. The summed E-state index contributed by atoms with van der Waals surface area (Å²) >= 11 is 6.12. The lowest BCUT2D eigenvalue weighted by Gasteiger charge is -2.18. The van der Waals surface area contributed by atoms with Crippen LogP contribution < -0.4 is 4.74 Å². The zero-order valence-corrected chi connectivity index (χ0v) is 12.9. The van der Waals surface area contributed by atoms with Gasteiger partial charge < -0.3 is 4.74 Å². The standard InChI is InChI=1S/C14H23ClN2O/c1-8(2)7-10(5)18-14-11(6)12(15)16-13(17-14)9(3)4/h8-10H,7H2,1-6H3. The number of hydrogen-bond donors (Lipinski definition) is 0. The van der Waals surface area contributed by atoms with Crippen LogP contribution in [0.15, 0.2) is 0 Å². The van der Waals surface area contributed by atoms with E-state index in [1.165, 1.54) is 0 Å². The molecule has 1 rings (SSSR count). The van der Waals surface area contributed by atoms with E-state index in [1.54, 1.807) is 0 Å². The van der Waals surface area contributed by atoms with Crippen LogP contribution in [0.4, 0.5) is 0 Å². The summed E-state index contributed by atoms with van der Waals surface area (Å²) in [5.74, 6) is 2.19. The van der Waals surface area contributed by atoms with Crippen molar-refractivity contribution in [3.63, 3.8) is 0 Å². The molecule has 1 heterocycles. The lowest BCUT2D eigenvalue weighted by molar-refractivity contribution is 0.183. The van der Waals surface area contributed by atoms with Gasteiger partial charge >= 0.3 is 0 Å². The largest absolute Gasteiger partial charge is 0.474 e. The van der Waals surface area contributed by atoms with Gasteiger partial charge in [-0.1, -0.05) is 39.3 Å². The second-order valence-corrected chi connectivity index (χ2v) is 5.87. The van der Waals surface area contributed by atoms with E-state index >= 15 is 0 Å². The molecule has 0 spiro atoms. The molecule has 0 radical (unpaired) electrons. The second-order valence-electron chi connectivity index (χ2n) is 5.52. The zero-order chi connectivity index (χ0) is 13.9. The molecule has 4 heteroatoms. The highest BCUT2D eigenvalue weighted by Gasteiger charge is 2.15. The summed E-state index contributed by atoms with van der Waals surface area (Å²) in [6.07, 6.45) is 1.13. The number of nitrogens with zero attached hydrogens (tertiary/aromatic N) is 2. The smallest absolute Gasteiger partial charge is 0.221 e. The topological polar surface area (TPSA) is 35.0 Å². The SMILES string of the molecule is Cc1c(Cl)nc(C(C)C)nc1OC(C)CC(C)C. The Morgan fingerprint density at radius 3 is 2.22 bits per heavy atom. The first-order valence-electron chi connectivity index (χ1n) is 6.52. The summed E-state index contributed by atoms with van der Waals surface area (Å²) in [6.45, 7) is 12.4. The molecular formula is C14H23ClN2O. The Morgan fingerprint density at radius 2 is 1.72 bits per heavy atom. The van der Waals surface area contributed by atoms with Crippen molar-refractivity contribution < 1.29 is 4.74 Å². The Hall–Kier alpha value is -0.830. The Balaban J connectivity index is 2.93. The van der Waals surface area contributed by atoms with Gasteiger partial charge in [-0.15, -0.1) is 0 Å². The van der Waals surface area contributed by atoms with E-state index in [-0.39, 0.29) is 12.0 Å². The molecule has 102 valence electrons. The van der Waals surface area contributed by atoms with Crippen molar-refractivity contribution in [1.29, 1.82) is 0 Å². The van der Waals surface area contributed by atoms with Crippen LogP contribution in [0.3, 0.4) is 0 Å².